The number of amides is 2. The maximum Gasteiger partial charge on any atom is 0.224 e. The van der Waals surface area contributed by atoms with E-state index in [1.807, 2.05) is 0 Å². The summed E-state index contributed by atoms with van der Waals surface area (Å²) in [6.07, 6.45) is 6.21. The molecule has 0 radical (unpaired) electrons. The SMILES string of the molecule is O=C(Cc1cc(Cl)c2c(c1)OCCO2)NCCC(=O)NC1CCCCC1. The van der Waals surface area contributed by atoms with Crippen LogP contribution in [0.25, 0.3) is 0 Å². The van der Waals surface area contributed by atoms with E-state index in [1.54, 1.807) is 12.1 Å². The minimum atomic E-state index is -0.150. The molecule has 0 saturated heterocycles. The summed E-state index contributed by atoms with van der Waals surface area (Å²) in [4.78, 5) is 24.1. The van der Waals surface area contributed by atoms with E-state index < -0.39 is 0 Å². The molecule has 0 aromatic heterocycles. The number of hydrogen-bond acceptors (Lipinski definition) is 4. The Kier molecular flexibility index (Phi) is 6.61. The van der Waals surface area contributed by atoms with E-state index in [4.69, 9.17) is 21.1 Å². The molecule has 1 heterocycles. The molecular formula is C19H25ClN2O4. The molecule has 6 nitrogen and oxygen atoms in total. The standard InChI is InChI=1S/C19H25ClN2O4/c20-15-10-13(11-16-19(15)26-9-8-25-16)12-18(24)21-7-6-17(23)22-14-4-2-1-3-5-14/h10-11,14H,1-9,12H2,(H,21,24)(H,22,23). The molecule has 1 aromatic rings. The van der Waals surface area contributed by atoms with E-state index in [9.17, 15) is 9.59 Å². The number of hydrogen-bond donors (Lipinski definition) is 2. The van der Waals surface area contributed by atoms with Gasteiger partial charge in [0.15, 0.2) is 11.5 Å². The fraction of sp³-hybridized carbons (Fsp3) is 0.579. The van der Waals surface area contributed by atoms with Gasteiger partial charge in [-0.1, -0.05) is 30.9 Å². The quantitative estimate of drug-likeness (QED) is 0.795. The maximum absolute atomic E-state index is 12.1. The fourth-order valence-corrected chi connectivity index (χ4v) is 3.66. The second-order valence-electron chi connectivity index (χ2n) is 6.78. The number of rotatable bonds is 6. The first kappa shape index (κ1) is 18.8. The van der Waals surface area contributed by atoms with Crippen LogP contribution in [0.2, 0.25) is 5.02 Å². The average Bonchev–Trinajstić information content (AvgIpc) is 2.62. The van der Waals surface area contributed by atoms with E-state index in [-0.39, 0.29) is 18.2 Å². The van der Waals surface area contributed by atoms with Gasteiger partial charge in [0.2, 0.25) is 11.8 Å². The Morgan fingerprint density at radius 1 is 1.08 bits per heavy atom. The predicted molar refractivity (Wildman–Crippen MR) is 98.8 cm³/mol. The monoisotopic (exact) mass is 380 g/mol. The van der Waals surface area contributed by atoms with E-state index >= 15 is 0 Å². The van der Waals surface area contributed by atoms with Crippen LogP contribution in [0.5, 0.6) is 11.5 Å². The summed E-state index contributed by atoms with van der Waals surface area (Å²) in [7, 11) is 0. The van der Waals surface area contributed by atoms with Crippen molar-refractivity contribution in [2.24, 2.45) is 0 Å². The molecule has 0 bridgehead atoms. The second-order valence-corrected chi connectivity index (χ2v) is 7.19. The maximum atomic E-state index is 12.1. The molecule has 0 spiro atoms. The molecule has 0 unspecified atom stereocenters. The molecule has 1 aliphatic heterocycles. The number of halogens is 1. The molecule has 2 amide bonds. The smallest absolute Gasteiger partial charge is 0.224 e. The van der Waals surface area contributed by atoms with Crippen LogP contribution in [-0.4, -0.2) is 37.6 Å². The zero-order valence-corrected chi connectivity index (χ0v) is 15.6. The summed E-state index contributed by atoms with van der Waals surface area (Å²) < 4.78 is 11.0. The van der Waals surface area contributed by atoms with Gasteiger partial charge in [0.1, 0.15) is 13.2 Å². The number of fused-ring (bicyclic) bond motifs is 1. The number of nitrogens with one attached hydrogen (secondary N) is 2. The highest BCUT2D eigenvalue weighted by Crippen LogP contribution is 2.38. The van der Waals surface area contributed by atoms with E-state index in [1.165, 1.54) is 19.3 Å². The molecule has 1 aromatic carbocycles. The number of benzene rings is 1. The Labute approximate surface area is 158 Å². The van der Waals surface area contributed by atoms with E-state index in [0.717, 1.165) is 18.4 Å². The second kappa shape index (κ2) is 9.12. The van der Waals surface area contributed by atoms with Crippen molar-refractivity contribution >= 4 is 23.4 Å². The Hall–Kier alpha value is -1.95. The summed E-state index contributed by atoms with van der Waals surface area (Å²) >= 11 is 6.18. The molecule has 26 heavy (non-hydrogen) atoms. The van der Waals surface area contributed by atoms with Crippen LogP contribution < -0.4 is 20.1 Å². The van der Waals surface area contributed by atoms with Crippen LogP contribution in [-0.2, 0) is 16.0 Å². The molecule has 0 atom stereocenters. The summed E-state index contributed by atoms with van der Waals surface area (Å²) in [5.41, 5.74) is 0.753. The van der Waals surface area contributed by atoms with Crippen LogP contribution in [0.15, 0.2) is 12.1 Å². The van der Waals surface area contributed by atoms with Gasteiger partial charge in [-0.05, 0) is 30.5 Å². The lowest BCUT2D eigenvalue weighted by atomic mass is 9.95. The molecule has 7 heteroatoms. The van der Waals surface area contributed by atoms with Crippen molar-refractivity contribution in [1.29, 1.82) is 0 Å². The summed E-state index contributed by atoms with van der Waals surface area (Å²) in [6.45, 7) is 1.26. The van der Waals surface area contributed by atoms with Crippen molar-refractivity contribution in [2.75, 3.05) is 19.8 Å². The molecule has 142 valence electrons. The van der Waals surface area contributed by atoms with Gasteiger partial charge in [-0.15, -0.1) is 0 Å². The van der Waals surface area contributed by atoms with Crippen LogP contribution in [0.3, 0.4) is 0 Å². The van der Waals surface area contributed by atoms with Gasteiger partial charge in [-0.25, -0.2) is 0 Å². The highest BCUT2D eigenvalue weighted by atomic mass is 35.5. The predicted octanol–water partition coefficient (Wildman–Crippen LogP) is 2.61. The average molecular weight is 381 g/mol. The van der Waals surface area contributed by atoms with Crippen molar-refractivity contribution < 1.29 is 19.1 Å². The third kappa shape index (κ3) is 5.27. The Bertz CT molecular complexity index is 659. The number of carbonyl (C=O) groups is 2. The minimum Gasteiger partial charge on any atom is -0.486 e. The molecule has 1 fully saturated rings. The van der Waals surface area contributed by atoms with E-state index in [2.05, 4.69) is 10.6 Å². The van der Waals surface area contributed by atoms with Crippen molar-refractivity contribution in [2.45, 2.75) is 51.0 Å². The Morgan fingerprint density at radius 3 is 2.65 bits per heavy atom. The Balaban J connectivity index is 1.41. The van der Waals surface area contributed by atoms with Crippen molar-refractivity contribution in [1.82, 2.24) is 10.6 Å². The minimum absolute atomic E-state index is 0.000394. The van der Waals surface area contributed by atoms with Gasteiger partial charge in [-0.2, -0.15) is 0 Å². The largest absolute Gasteiger partial charge is 0.486 e. The van der Waals surface area contributed by atoms with Crippen molar-refractivity contribution in [3.05, 3.63) is 22.7 Å². The highest BCUT2D eigenvalue weighted by molar-refractivity contribution is 6.32. The number of carbonyl (C=O) groups excluding carboxylic acids is 2. The summed E-state index contributed by atoms with van der Waals surface area (Å²) in [6, 6.07) is 3.78. The van der Waals surface area contributed by atoms with Crippen LogP contribution >= 0.6 is 11.6 Å². The molecule has 2 aliphatic rings. The highest BCUT2D eigenvalue weighted by Gasteiger charge is 2.18. The lowest BCUT2D eigenvalue weighted by Gasteiger charge is -2.22. The lowest BCUT2D eigenvalue weighted by Crippen LogP contribution is -2.38. The number of ether oxygens (including phenoxy) is 2. The zero-order valence-electron chi connectivity index (χ0n) is 14.8. The third-order valence-electron chi connectivity index (χ3n) is 4.67. The first-order valence-corrected chi connectivity index (χ1v) is 9.63. The molecule has 1 saturated carbocycles. The van der Waals surface area contributed by atoms with Gasteiger partial charge in [0, 0.05) is 19.0 Å². The van der Waals surface area contributed by atoms with Gasteiger partial charge < -0.3 is 20.1 Å². The van der Waals surface area contributed by atoms with Gasteiger partial charge in [-0.3, -0.25) is 9.59 Å². The van der Waals surface area contributed by atoms with Gasteiger partial charge in [0.05, 0.1) is 11.4 Å². The van der Waals surface area contributed by atoms with Crippen LogP contribution in [0, 0.1) is 0 Å². The van der Waals surface area contributed by atoms with E-state index in [0.29, 0.717) is 48.7 Å². The third-order valence-corrected chi connectivity index (χ3v) is 4.95. The van der Waals surface area contributed by atoms with Crippen LogP contribution in [0.4, 0.5) is 0 Å². The molecule has 1 aliphatic carbocycles. The molecule has 2 N–H and O–H groups in total. The summed E-state index contributed by atoms with van der Waals surface area (Å²) in [5, 5.41) is 6.27. The first-order valence-electron chi connectivity index (χ1n) is 9.26. The summed E-state index contributed by atoms with van der Waals surface area (Å²) in [5.74, 6) is 0.947. The molecular weight excluding hydrogens is 356 g/mol. The molecule has 3 rings (SSSR count). The fourth-order valence-electron chi connectivity index (χ4n) is 3.38. The Morgan fingerprint density at radius 2 is 1.85 bits per heavy atom. The lowest BCUT2D eigenvalue weighted by molar-refractivity contribution is -0.122. The first-order chi connectivity index (χ1) is 12.6. The van der Waals surface area contributed by atoms with Crippen LogP contribution in [0.1, 0.15) is 44.1 Å². The van der Waals surface area contributed by atoms with Crippen molar-refractivity contribution in [3.63, 3.8) is 0 Å². The van der Waals surface area contributed by atoms with Crippen molar-refractivity contribution in [3.8, 4) is 11.5 Å². The normalized spacial score (nSPS) is 16.8. The van der Waals surface area contributed by atoms with Gasteiger partial charge >= 0.3 is 0 Å². The van der Waals surface area contributed by atoms with Gasteiger partial charge in [0.25, 0.3) is 0 Å². The zero-order chi connectivity index (χ0) is 18.4. The topological polar surface area (TPSA) is 76.7 Å².